The van der Waals surface area contributed by atoms with Crippen molar-refractivity contribution in [2.75, 3.05) is 0 Å². The number of aliphatic carboxylic acids is 2. The molecule has 0 unspecified atom stereocenters. The summed E-state index contributed by atoms with van der Waals surface area (Å²) in [4.78, 5) is 18.8. The molecule has 0 bridgehead atoms. The van der Waals surface area contributed by atoms with Gasteiger partial charge in [-0.2, -0.15) is 0 Å². The third kappa shape index (κ3) is 11.0. The van der Waals surface area contributed by atoms with E-state index in [9.17, 15) is 19.8 Å². The fourth-order valence-electron chi connectivity index (χ4n) is 0.136. The summed E-state index contributed by atoms with van der Waals surface area (Å²) in [5, 5.41) is 18.8. The van der Waals surface area contributed by atoms with Crippen LogP contribution >= 0.6 is 0 Å². The van der Waals surface area contributed by atoms with Crippen LogP contribution in [0.4, 0.5) is 0 Å². The second kappa shape index (κ2) is 5.33. The largest absolute Gasteiger partial charge is 2.00 e. The van der Waals surface area contributed by atoms with E-state index in [-0.39, 0.29) is 16.8 Å². The van der Waals surface area contributed by atoms with Crippen molar-refractivity contribution in [3.05, 3.63) is 12.2 Å². The molecule has 0 aliphatic rings. The van der Waals surface area contributed by atoms with Crippen LogP contribution in [0.25, 0.3) is 0 Å². The van der Waals surface area contributed by atoms with Crippen molar-refractivity contribution in [3.63, 3.8) is 0 Å². The maximum Gasteiger partial charge on any atom is 2.00 e. The van der Waals surface area contributed by atoms with Crippen LogP contribution in [-0.4, -0.2) is 11.9 Å². The Morgan fingerprint density at radius 3 is 1.33 bits per heavy atom. The number of rotatable bonds is 2. The second-order valence-corrected chi connectivity index (χ2v) is 0.971. The topological polar surface area (TPSA) is 80.3 Å². The predicted molar refractivity (Wildman–Crippen MR) is 19.2 cm³/mol. The molecule has 0 saturated carbocycles. The van der Waals surface area contributed by atoms with Gasteiger partial charge in [0, 0.05) is 0 Å². The number of carbonyl (C=O) groups excluding carboxylic acids is 2. The minimum absolute atomic E-state index is 0. The Hall–Kier alpha value is -0.814. The summed E-state index contributed by atoms with van der Waals surface area (Å²) < 4.78 is 0. The smallest absolute Gasteiger partial charge is 0.545 e. The molecule has 0 amide bonds. The zero-order valence-corrected chi connectivity index (χ0v) is 5.16. The fraction of sp³-hybridized carbons (Fsp3) is 0. The van der Waals surface area contributed by atoms with Gasteiger partial charge in [-0.15, -0.1) is 0 Å². The van der Waals surface area contributed by atoms with Gasteiger partial charge in [-0.3, -0.25) is 0 Å². The maximum atomic E-state index is 9.41. The van der Waals surface area contributed by atoms with E-state index in [4.69, 9.17) is 0 Å². The second-order valence-electron chi connectivity index (χ2n) is 0.971. The van der Waals surface area contributed by atoms with Crippen LogP contribution in [0, 0.1) is 0 Å². The van der Waals surface area contributed by atoms with Gasteiger partial charge >= 0.3 is 16.8 Å². The molecule has 0 rings (SSSR count). The first-order valence-corrected chi connectivity index (χ1v) is 1.73. The summed E-state index contributed by atoms with van der Waals surface area (Å²) in [6.45, 7) is 0. The molecule has 0 saturated heterocycles. The van der Waals surface area contributed by atoms with Crippen molar-refractivity contribution in [2.45, 2.75) is 0 Å². The van der Waals surface area contributed by atoms with Gasteiger partial charge in [0.15, 0.2) is 0 Å². The van der Waals surface area contributed by atoms with Gasteiger partial charge in [-0.05, 0) is 12.2 Å². The molecule has 5 heteroatoms. The fourth-order valence-corrected chi connectivity index (χ4v) is 0.136. The number of carboxylic acids is 2. The van der Waals surface area contributed by atoms with Gasteiger partial charge in [-0.1, -0.05) is 0 Å². The van der Waals surface area contributed by atoms with Gasteiger partial charge < -0.3 is 19.8 Å². The Kier molecular flexibility index (Phi) is 6.54. The maximum absolute atomic E-state index is 9.41. The van der Waals surface area contributed by atoms with Crippen LogP contribution in [0.3, 0.4) is 0 Å². The zero-order chi connectivity index (χ0) is 6.57. The van der Waals surface area contributed by atoms with E-state index in [1.807, 2.05) is 0 Å². The first-order valence-electron chi connectivity index (χ1n) is 1.73. The van der Waals surface area contributed by atoms with Gasteiger partial charge in [-0.25, -0.2) is 0 Å². The van der Waals surface area contributed by atoms with E-state index >= 15 is 0 Å². The summed E-state index contributed by atoms with van der Waals surface area (Å²) in [5.74, 6) is -3.09. The number of hydrogen-bond acceptors (Lipinski definition) is 4. The summed E-state index contributed by atoms with van der Waals surface area (Å²) in [5.41, 5.74) is 0. The average Bonchev–Trinajstić information content (AvgIpc) is 1.61. The van der Waals surface area contributed by atoms with Crippen molar-refractivity contribution in [2.24, 2.45) is 0 Å². The molecule has 9 heavy (non-hydrogen) atoms. The first-order chi connectivity index (χ1) is 3.63. The Balaban J connectivity index is 0. The molecule has 0 aliphatic heterocycles. The molecule has 0 aromatic rings. The number of carboxylic acid groups (broad SMARTS) is 2. The standard InChI is InChI=1S/C4H4O4.Co/c5-3(6)1-2-4(7)8;/h1-2H,(H,5,6)(H,7,8);/q;+2/p-2. The minimum Gasteiger partial charge on any atom is -0.545 e. The van der Waals surface area contributed by atoms with Crippen molar-refractivity contribution < 1.29 is 36.6 Å². The van der Waals surface area contributed by atoms with E-state index in [1.165, 1.54) is 0 Å². The van der Waals surface area contributed by atoms with E-state index in [2.05, 4.69) is 0 Å². The van der Waals surface area contributed by atoms with Gasteiger partial charge in [0.05, 0.1) is 11.9 Å². The molecule has 0 heterocycles. The molecule has 0 N–H and O–H groups in total. The van der Waals surface area contributed by atoms with E-state index in [1.54, 1.807) is 0 Å². The number of hydrogen-bond donors (Lipinski definition) is 0. The third-order valence-corrected chi connectivity index (χ3v) is 0.355. The van der Waals surface area contributed by atoms with Crippen molar-refractivity contribution in [1.82, 2.24) is 0 Å². The van der Waals surface area contributed by atoms with Gasteiger partial charge in [0.25, 0.3) is 0 Å². The van der Waals surface area contributed by atoms with Gasteiger partial charge in [0.1, 0.15) is 0 Å². The summed E-state index contributed by atoms with van der Waals surface area (Å²) in [6.07, 6.45) is 0.769. The van der Waals surface area contributed by atoms with Crippen molar-refractivity contribution >= 4 is 11.9 Å². The Morgan fingerprint density at radius 1 is 1.00 bits per heavy atom. The van der Waals surface area contributed by atoms with Crippen LogP contribution in [0.1, 0.15) is 0 Å². The molecule has 0 aliphatic carbocycles. The molecular formula is C4H2CoO4. The normalized spacial score (nSPS) is 8.44. The van der Waals surface area contributed by atoms with E-state index in [0.717, 1.165) is 0 Å². The Morgan fingerprint density at radius 2 is 1.22 bits per heavy atom. The molecule has 0 aromatic heterocycles. The van der Waals surface area contributed by atoms with E-state index in [0.29, 0.717) is 12.2 Å². The Labute approximate surface area is 61.4 Å². The molecule has 0 aromatic carbocycles. The van der Waals surface area contributed by atoms with Crippen LogP contribution in [0.15, 0.2) is 12.2 Å². The summed E-state index contributed by atoms with van der Waals surface area (Å²) >= 11 is 0. The van der Waals surface area contributed by atoms with Crippen LogP contribution < -0.4 is 10.2 Å². The molecule has 4 nitrogen and oxygen atoms in total. The quantitative estimate of drug-likeness (QED) is 0.418. The van der Waals surface area contributed by atoms with Crippen LogP contribution in [0.5, 0.6) is 0 Å². The van der Waals surface area contributed by atoms with Crippen molar-refractivity contribution in [3.8, 4) is 0 Å². The first kappa shape index (κ1) is 11.0. The Bertz CT molecular complexity index is 124. The van der Waals surface area contributed by atoms with E-state index < -0.39 is 11.9 Å². The SMILES string of the molecule is O=C([O-])C=CC(=O)[O-].[Co+2]. The number of carbonyl (C=O) groups is 2. The molecule has 0 fully saturated rings. The minimum atomic E-state index is -1.55. The third-order valence-electron chi connectivity index (χ3n) is 0.355. The molecule has 0 atom stereocenters. The summed E-state index contributed by atoms with van der Waals surface area (Å²) in [7, 11) is 0. The van der Waals surface area contributed by atoms with Crippen LogP contribution in [-0.2, 0) is 26.4 Å². The molecular weight excluding hydrogens is 171 g/mol. The summed E-state index contributed by atoms with van der Waals surface area (Å²) in [6, 6.07) is 0. The predicted octanol–water partition coefficient (Wildman–Crippen LogP) is -2.96. The van der Waals surface area contributed by atoms with Crippen LogP contribution in [0.2, 0.25) is 0 Å². The monoisotopic (exact) mass is 173 g/mol. The molecule has 1 radical (unpaired) electrons. The van der Waals surface area contributed by atoms with Gasteiger partial charge in [0.2, 0.25) is 0 Å². The average molecular weight is 173 g/mol. The zero-order valence-electron chi connectivity index (χ0n) is 4.12. The molecule has 0 spiro atoms. The molecule has 51 valence electrons. The van der Waals surface area contributed by atoms with Crippen molar-refractivity contribution in [1.29, 1.82) is 0 Å².